The molecule has 0 aliphatic carbocycles. The first-order valence-electron chi connectivity index (χ1n) is 3.98. The van der Waals surface area contributed by atoms with E-state index >= 15 is 0 Å². The second kappa shape index (κ2) is 4.60. The summed E-state index contributed by atoms with van der Waals surface area (Å²) in [6.07, 6.45) is 0.250. The molecule has 0 bridgehead atoms. The number of hydrogen-bond donors (Lipinski definition) is 0. The summed E-state index contributed by atoms with van der Waals surface area (Å²) >= 11 is 0. The first-order valence-corrected chi connectivity index (χ1v) is 3.98. The van der Waals surface area contributed by atoms with Crippen molar-refractivity contribution in [3.05, 3.63) is 29.8 Å². The van der Waals surface area contributed by atoms with Gasteiger partial charge in [0.1, 0.15) is 0 Å². The van der Waals surface area contributed by atoms with Gasteiger partial charge in [0.05, 0.1) is 6.61 Å². The predicted molar refractivity (Wildman–Crippen MR) is 47.5 cm³/mol. The van der Waals surface area contributed by atoms with Gasteiger partial charge in [0.15, 0.2) is 0 Å². The van der Waals surface area contributed by atoms with E-state index in [0.29, 0.717) is 6.92 Å². The van der Waals surface area contributed by atoms with Gasteiger partial charge in [-0.05, 0) is 11.0 Å². The third kappa shape index (κ3) is 2.28. The van der Waals surface area contributed by atoms with Crippen LogP contribution in [-0.4, -0.2) is 13.1 Å². The zero-order chi connectivity index (χ0) is 9.68. The molecule has 66 valence electrons. The van der Waals surface area contributed by atoms with Crippen LogP contribution >= 0.6 is 0 Å². The maximum absolute atomic E-state index is 8.12. The molecule has 1 aromatic rings. The summed E-state index contributed by atoms with van der Waals surface area (Å²) in [5, 5.41) is 0. The molecule has 1 aliphatic rings. The van der Waals surface area contributed by atoms with Gasteiger partial charge in [0.2, 0.25) is 0 Å². The van der Waals surface area contributed by atoms with Gasteiger partial charge in [-0.3, -0.25) is 0 Å². The lowest BCUT2D eigenvalue weighted by molar-refractivity contribution is -0.191. The van der Waals surface area contributed by atoms with E-state index in [9.17, 15) is 0 Å². The van der Waals surface area contributed by atoms with Gasteiger partial charge in [-0.25, -0.2) is 0 Å². The molecule has 1 aliphatic heterocycles. The van der Waals surface area contributed by atoms with E-state index in [1.54, 1.807) is 0 Å². The summed E-state index contributed by atoms with van der Waals surface area (Å²) in [4.78, 5) is 16.2. The van der Waals surface area contributed by atoms with Gasteiger partial charge >= 0.3 is 13.1 Å². The van der Waals surface area contributed by atoms with E-state index < -0.39 is 0 Å². The maximum atomic E-state index is 8.12. The van der Waals surface area contributed by atoms with Crippen LogP contribution in [0.25, 0.3) is 0 Å². The first kappa shape index (κ1) is 9.71. The van der Waals surface area contributed by atoms with Crippen molar-refractivity contribution in [2.24, 2.45) is 0 Å². The molecular formula is C9H9BO3. The van der Waals surface area contributed by atoms with Gasteiger partial charge in [-0.15, -0.1) is 0 Å². The van der Waals surface area contributed by atoms with Crippen LogP contribution in [0.2, 0.25) is 6.82 Å². The molecule has 0 saturated heterocycles. The van der Waals surface area contributed by atoms with Crippen molar-refractivity contribution in [1.82, 2.24) is 0 Å². The summed E-state index contributed by atoms with van der Waals surface area (Å²) in [5.74, 6) is 0. The predicted octanol–water partition coefficient (Wildman–Crippen LogP) is 0.462. The van der Waals surface area contributed by atoms with Crippen LogP contribution in [0.15, 0.2) is 24.3 Å². The third-order valence-electron chi connectivity index (χ3n) is 1.98. The number of benzene rings is 1. The van der Waals surface area contributed by atoms with Gasteiger partial charge < -0.3 is 4.65 Å². The zero-order valence-electron chi connectivity index (χ0n) is 7.32. The summed E-state index contributed by atoms with van der Waals surface area (Å²) in [6.45, 7) is 3.18. The van der Waals surface area contributed by atoms with Crippen LogP contribution in [-0.2, 0) is 20.9 Å². The Hall–Kier alpha value is -1.38. The van der Waals surface area contributed by atoms with Crippen LogP contribution < -0.4 is 5.46 Å². The van der Waals surface area contributed by atoms with Crippen LogP contribution in [0.4, 0.5) is 0 Å². The molecule has 1 heterocycles. The molecule has 13 heavy (non-hydrogen) atoms. The number of fused-ring (bicyclic) bond motifs is 1. The lowest BCUT2D eigenvalue weighted by atomic mass is 9.64. The zero-order valence-corrected chi connectivity index (χ0v) is 7.32. The molecule has 4 heteroatoms. The van der Waals surface area contributed by atoms with E-state index in [1.165, 1.54) is 11.0 Å². The van der Waals surface area contributed by atoms with Crippen molar-refractivity contribution in [3.8, 4) is 0 Å². The average Bonchev–Trinajstić information content (AvgIpc) is 2.50. The second-order valence-corrected chi connectivity index (χ2v) is 2.74. The van der Waals surface area contributed by atoms with E-state index in [2.05, 4.69) is 31.1 Å². The average molecular weight is 176 g/mol. The molecule has 1 aromatic carbocycles. The molecule has 2 rings (SSSR count). The summed E-state index contributed by atoms with van der Waals surface area (Å²) in [5.41, 5.74) is 2.69. The van der Waals surface area contributed by atoms with Crippen LogP contribution in [0, 0.1) is 0 Å². The van der Waals surface area contributed by atoms with E-state index in [0.717, 1.165) is 6.61 Å². The Morgan fingerprint density at radius 2 is 2.00 bits per heavy atom. The van der Waals surface area contributed by atoms with Crippen LogP contribution in [0.3, 0.4) is 0 Å². The van der Waals surface area contributed by atoms with Crippen molar-refractivity contribution in [2.45, 2.75) is 13.4 Å². The number of rotatable bonds is 0. The van der Waals surface area contributed by atoms with Gasteiger partial charge in [-0.2, -0.15) is 9.59 Å². The summed E-state index contributed by atoms with van der Waals surface area (Å²) < 4.78 is 5.42. The molecule has 0 atom stereocenters. The molecular weight excluding hydrogens is 167 g/mol. The SMILES string of the molecule is CB1OCc2ccccc21.O=C=O. The normalized spacial score (nSPS) is 12.5. The number of hydrogen-bond acceptors (Lipinski definition) is 3. The first-order chi connectivity index (χ1) is 6.29. The fraction of sp³-hybridized carbons (Fsp3) is 0.222. The molecule has 0 aromatic heterocycles. The Morgan fingerprint density at radius 1 is 1.38 bits per heavy atom. The highest BCUT2D eigenvalue weighted by molar-refractivity contribution is 6.67. The van der Waals surface area contributed by atoms with Crippen molar-refractivity contribution >= 4 is 18.5 Å². The third-order valence-corrected chi connectivity index (χ3v) is 1.98. The molecule has 0 amide bonds. The standard InChI is InChI=1S/C8H9BO.CO2/c1-9-8-5-3-2-4-7(8)6-10-9;2-1-3/h2-5H,6H2,1H3;. The molecule has 0 unspecified atom stereocenters. The minimum atomic E-state index is 0.250. The monoisotopic (exact) mass is 176 g/mol. The Kier molecular flexibility index (Phi) is 3.44. The van der Waals surface area contributed by atoms with Gasteiger partial charge in [-0.1, -0.05) is 31.1 Å². The Bertz CT molecular complexity index is 318. The van der Waals surface area contributed by atoms with Crippen molar-refractivity contribution < 1.29 is 14.2 Å². The lowest BCUT2D eigenvalue weighted by Gasteiger charge is -1.95. The highest BCUT2D eigenvalue weighted by atomic mass is 16.4. The molecule has 0 spiro atoms. The minimum Gasteiger partial charge on any atom is -0.427 e. The van der Waals surface area contributed by atoms with Crippen molar-refractivity contribution in [3.63, 3.8) is 0 Å². The Balaban J connectivity index is 0.000000251. The highest BCUT2D eigenvalue weighted by Gasteiger charge is 2.21. The van der Waals surface area contributed by atoms with Crippen LogP contribution in [0.5, 0.6) is 0 Å². The molecule has 0 fully saturated rings. The van der Waals surface area contributed by atoms with E-state index in [-0.39, 0.29) is 6.15 Å². The van der Waals surface area contributed by atoms with Crippen LogP contribution in [0.1, 0.15) is 5.56 Å². The quantitative estimate of drug-likeness (QED) is 0.539. The fourth-order valence-corrected chi connectivity index (χ4v) is 1.37. The lowest BCUT2D eigenvalue weighted by Crippen LogP contribution is -2.23. The Morgan fingerprint density at radius 3 is 2.62 bits per heavy atom. The topological polar surface area (TPSA) is 43.4 Å². The largest absolute Gasteiger partial charge is 0.427 e. The molecule has 0 radical (unpaired) electrons. The smallest absolute Gasteiger partial charge is 0.373 e. The maximum Gasteiger partial charge on any atom is 0.373 e. The number of carbonyl (C=O) groups excluding carboxylic acids is 2. The molecule has 3 nitrogen and oxygen atoms in total. The second-order valence-electron chi connectivity index (χ2n) is 2.74. The minimum absolute atomic E-state index is 0.250. The van der Waals surface area contributed by atoms with Gasteiger partial charge in [0, 0.05) is 0 Å². The summed E-state index contributed by atoms with van der Waals surface area (Å²) in [6, 6.07) is 8.37. The highest BCUT2D eigenvalue weighted by Crippen LogP contribution is 2.08. The van der Waals surface area contributed by atoms with Gasteiger partial charge in [0.25, 0.3) is 0 Å². The summed E-state index contributed by atoms with van der Waals surface area (Å²) in [7, 11) is 0. The van der Waals surface area contributed by atoms with E-state index in [1.807, 2.05) is 0 Å². The van der Waals surface area contributed by atoms with E-state index in [4.69, 9.17) is 14.2 Å². The molecule has 0 saturated carbocycles. The van der Waals surface area contributed by atoms with Crippen molar-refractivity contribution in [2.75, 3.05) is 0 Å². The fourth-order valence-electron chi connectivity index (χ4n) is 1.37. The van der Waals surface area contributed by atoms with Crippen molar-refractivity contribution in [1.29, 1.82) is 0 Å². The molecule has 0 N–H and O–H groups in total. The Labute approximate surface area is 76.8 Å².